The number of hydrogen-bond acceptors (Lipinski definition) is 2. The Balaban J connectivity index is 1.72. The van der Waals surface area contributed by atoms with Gasteiger partial charge >= 0.3 is 5.97 Å². The quantitative estimate of drug-likeness (QED) is 0.658. The Hall–Kier alpha value is -2.85. The highest BCUT2D eigenvalue weighted by atomic mass is 35.5. The molecule has 0 unspecified atom stereocenters. The number of anilines is 1. The minimum absolute atomic E-state index is 0.0458. The van der Waals surface area contributed by atoms with E-state index in [9.17, 15) is 14.7 Å². The van der Waals surface area contributed by atoms with Gasteiger partial charge in [0.1, 0.15) is 0 Å². The molecule has 1 aliphatic rings. The molecule has 2 aromatic carbocycles. The lowest BCUT2D eigenvalue weighted by Gasteiger charge is -2.13. The summed E-state index contributed by atoms with van der Waals surface area (Å²) in [5, 5.41) is 12.1. The molecule has 5 heteroatoms. The zero-order valence-electron chi connectivity index (χ0n) is 14.7. The molecule has 138 valence electrons. The second-order valence-electron chi connectivity index (χ2n) is 6.42. The number of carboxylic acid groups (broad SMARTS) is 1. The zero-order chi connectivity index (χ0) is 19.2. The van der Waals surface area contributed by atoms with Gasteiger partial charge in [0.05, 0.1) is 11.3 Å². The molecule has 1 amide bonds. The lowest BCUT2D eigenvalue weighted by atomic mass is 9.93. The van der Waals surface area contributed by atoms with Crippen molar-refractivity contribution in [3.8, 4) is 0 Å². The summed E-state index contributed by atoms with van der Waals surface area (Å²) in [6, 6.07) is 12.4. The SMILES string of the molecule is O=C(C=Cc1cccc(C2=CCCCC2)c1)Nc1ccc(Cl)cc1C(=O)O. The first-order valence-corrected chi connectivity index (χ1v) is 9.22. The summed E-state index contributed by atoms with van der Waals surface area (Å²) < 4.78 is 0. The number of hydrogen-bond donors (Lipinski definition) is 2. The Morgan fingerprint density at radius 1 is 1.11 bits per heavy atom. The maximum Gasteiger partial charge on any atom is 0.337 e. The summed E-state index contributed by atoms with van der Waals surface area (Å²) in [6.07, 6.45) is 10.1. The van der Waals surface area contributed by atoms with Gasteiger partial charge in [0.15, 0.2) is 0 Å². The monoisotopic (exact) mass is 381 g/mol. The van der Waals surface area contributed by atoms with Crippen LogP contribution in [0.1, 0.15) is 47.2 Å². The van der Waals surface area contributed by atoms with Gasteiger partial charge in [-0.1, -0.05) is 35.9 Å². The van der Waals surface area contributed by atoms with Gasteiger partial charge in [-0.2, -0.15) is 0 Å². The summed E-state index contributed by atoms with van der Waals surface area (Å²) in [7, 11) is 0. The molecule has 0 saturated carbocycles. The number of carbonyl (C=O) groups excluding carboxylic acids is 1. The third-order valence-electron chi connectivity index (χ3n) is 4.45. The van der Waals surface area contributed by atoms with Crippen LogP contribution in [0.5, 0.6) is 0 Å². The smallest absolute Gasteiger partial charge is 0.337 e. The Bertz CT molecular complexity index is 931. The molecule has 3 rings (SSSR count). The van der Waals surface area contributed by atoms with Crippen LogP contribution in [-0.2, 0) is 4.79 Å². The molecule has 0 saturated heterocycles. The van der Waals surface area contributed by atoms with Crippen molar-refractivity contribution in [3.63, 3.8) is 0 Å². The Kier molecular flexibility index (Phi) is 6.09. The maximum atomic E-state index is 12.2. The predicted octanol–water partition coefficient (Wildman–Crippen LogP) is 5.65. The first-order chi connectivity index (χ1) is 13.0. The number of rotatable bonds is 5. The van der Waals surface area contributed by atoms with Gasteiger partial charge in [0.25, 0.3) is 0 Å². The zero-order valence-corrected chi connectivity index (χ0v) is 15.5. The molecule has 0 spiro atoms. The van der Waals surface area contributed by atoms with E-state index in [-0.39, 0.29) is 11.3 Å². The number of amides is 1. The molecule has 0 aromatic heterocycles. The van der Waals surface area contributed by atoms with Crippen molar-refractivity contribution in [2.45, 2.75) is 25.7 Å². The van der Waals surface area contributed by atoms with Crippen LogP contribution in [0, 0.1) is 0 Å². The highest BCUT2D eigenvalue weighted by molar-refractivity contribution is 6.31. The average Bonchev–Trinajstić information content (AvgIpc) is 2.68. The van der Waals surface area contributed by atoms with Crippen LogP contribution in [0.15, 0.2) is 54.6 Å². The molecule has 2 N–H and O–H groups in total. The number of halogens is 1. The Morgan fingerprint density at radius 2 is 1.96 bits per heavy atom. The lowest BCUT2D eigenvalue weighted by Crippen LogP contribution is -2.12. The van der Waals surface area contributed by atoms with E-state index in [0.29, 0.717) is 5.02 Å². The van der Waals surface area contributed by atoms with Crippen LogP contribution in [0.25, 0.3) is 11.6 Å². The van der Waals surface area contributed by atoms with Crippen LogP contribution < -0.4 is 5.32 Å². The van der Waals surface area contributed by atoms with Crippen molar-refractivity contribution in [1.82, 2.24) is 0 Å². The second-order valence-corrected chi connectivity index (χ2v) is 6.85. The molecule has 0 aliphatic heterocycles. The van der Waals surface area contributed by atoms with E-state index in [2.05, 4.69) is 23.5 Å². The summed E-state index contributed by atoms with van der Waals surface area (Å²) in [6.45, 7) is 0. The molecule has 0 atom stereocenters. The molecule has 0 radical (unpaired) electrons. The summed E-state index contributed by atoms with van der Waals surface area (Å²) in [4.78, 5) is 23.5. The summed E-state index contributed by atoms with van der Waals surface area (Å²) in [5.74, 6) is -1.55. The van der Waals surface area contributed by atoms with Crippen molar-refractivity contribution in [2.75, 3.05) is 5.32 Å². The first-order valence-electron chi connectivity index (χ1n) is 8.84. The van der Waals surface area contributed by atoms with Crippen LogP contribution in [-0.4, -0.2) is 17.0 Å². The van der Waals surface area contributed by atoms with Gasteiger partial charge < -0.3 is 10.4 Å². The number of aromatic carboxylic acids is 1. The fourth-order valence-electron chi connectivity index (χ4n) is 3.09. The van der Waals surface area contributed by atoms with E-state index < -0.39 is 11.9 Å². The van der Waals surface area contributed by atoms with Crippen LogP contribution in [0.3, 0.4) is 0 Å². The predicted molar refractivity (Wildman–Crippen MR) is 109 cm³/mol. The van der Waals surface area contributed by atoms with Gasteiger partial charge in [-0.3, -0.25) is 4.79 Å². The molecular formula is C22H20ClNO3. The Morgan fingerprint density at radius 3 is 2.70 bits per heavy atom. The summed E-state index contributed by atoms with van der Waals surface area (Å²) in [5.41, 5.74) is 3.62. The lowest BCUT2D eigenvalue weighted by molar-refractivity contribution is -0.111. The second kappa shape index (κ2) is 8.69. The fraction of sp³-hybridized carbons (Fsp3) is 0.182. The van der Waals surface area contributed by atoms with Crippen LogP contribution >= 0.6 is 11.6 Å². The number of carboxylic acids is 1. The van der Waals surface area contributed by atoms with Crippen molar-refractivity contribution in [1.29, 1.82) is 0 Å². The molecule has 0 heterocycles. The van der Waals surface area contributed by atoms with E-state index in [1.54, 1.807) is 6.08 Å². The average molecular weight is 382 g/mol. The third kappa shape index (κ3) is 5.08. The summed E-state index contributed by atoms with van der Waals surface area (Å²) >= 11 is 5.82. The normalized spacial score (nSPS) is 14.0. The van der Waals surface area contributed by atoms with E-state index in [0.717, 1.165) is 18.4 Å². The topological polar surface area (TPSA) is 66.4 Å². The number of carbonyl (C=O) groups is 2. The van der Waals surface area contributed by atoms with Gasteiger partial charge in [-0.05, 0) is 72.7 Å². The van der Waals surface area contributed by atoms with Crippen molar-refractivity contribution in [3.05, 3.63) is 76.3 Å². The molecule has 1 aliphatic carbocycles. The van der Waals surface area contributed by atoms with E-state index >= 15 is 0 Å². The molecule has 4 nitrogen and oxygen atoms in total. The van der Waals surface area contributed by atoms with Crippen LogP contribution in [0.4, 0.5) is 5.69 Å². The highest BCUT2D eigenvalue weighted by Crippen LogP contribution is 2.27. The van der Waals surface area contributed by atoms with Crippen molar-refractivity contribution >= 4 is 40.8 Å². The van der Waals surface area contributed by atoms with Crippen LogP contribution in [0.2, 0.25) is 5.02 Å². The van der Waals surface area contributed by atoms with Gasteiger partial charge in [0.2, 0.25) is 5.91 Å². The molecular weight excluding hydrogens is 362 g/mol. The first kappa shape index (κ1) is 18.9. The van der Waals surface area contributed by atoms with E-state index in [1.165, 1.54) is 48.3 Å². The fourth-order valence-corrected chi connectivity index (χ4v) is 3.26. The minimum atomic E-state index is -1.15. The molecule has 0 fully saturated rings. The van der Waals surface area contributed by atoms with E-state index in [1.807, 2.05) is 12.1 Å². The molecule has 0 bridgehead atoms. The molecule has 2 aromatic rings. The largest absolute Gasteiger partial charge is 0.478 e. The van der Waals surface area contributed by atoms with Gasteiger partial charge in [-0.25, -0.2) is 4.79 Å². The van der Waals surface area contributed by atoms with E-state index in [4.69, 9.17) is 11.6 Å². The number of benzene rings is 2. The van der Waals surface area contributed by atoms with Crippen molar-refractivity contribution in [2.24, 2.45) is 0 Å². The molecule has 27 heavy (non-hydrogen) atoms. The number of nitrogens with one attached hydrogen (secondary N) is 1. The van der Waals surface area contributed by atoms with Crippen molar-refractivity contribution < 1.29 is 14.7 Å². The van der Waals surface area contributed by atoms with Gasteiger partial charge in [0, 0.05) is 11.1 Å². The Labute approximate surface area is 163 Å². The number of allylic oxidation sites excluding steroid dienone is 2. The standard InChI is InChI=1S/C22H20ClNO3/c23-18-10-11-20(19(14-18)22(26)27)24-21(25)12-9-15-5-4-8-17(13-15)16-6-2-1-3-7-16/h4-6,8-14H,1-3,7H2,(H,24,25)(H,26,27). The van der Waals surface area contributed by atoms with Gasteiger partial charge in [-0.15, -0.1) is 0 Å². The minimum Gasteiger partial charge on any atom is -0.478 e. The maximum absolute atomic E-state index is 12.2. The highest BCUT2D eigenvalue weighted by Gasteiger charge is 2.12. The third-order valence-corrected chi connectivity index (χ3v) is 4.68.